The first-order valence-corrected chi connectivity index (χ1v) is 12.6. The van der Waals surface area contributed by atoms with E-state index >= 15 is 0 Å². The number of nitrogens with zero attached hydrogens (tertiary/aromatic N) is 4. The lowest BCUT2D eigenvalue weighted by Gasteiger charge is -2.15. The van der Waals surface area contributed by atoms with Crippen LogP contribution >= 0.6 is 0 Å². The third-order valence-corrected chi connectivity index (χ3v) is 5.85. The van der Waals surface area contributed by atoms with Gasteiger partial charge in [0.05, 0.1) is 23.1 Å². The van der Waals surface area contributed by atoms with E-state index in [0.717, 1.165) is 41.2 Å². The lowest BCUT2D eigenvalue weighted by molar-refractivity contribution is 0.0816. The smallest absolute Gasteiger partial charge is 0.150 e. The SMILES string of the molecule is C[Si](C)(C)CCOCn1nc(/C=C/c2cnccn2)c2ccc(C=O)cc21. The Bertz CT molecular complexity index is 946. The highest BCUT2D eigenvalue weighted by Gasteiger charge is 2.13. The molecule has 3 aromatic rings. The highest BCUT2D eigenvalue weighted by molar-refractivity contribution is 6.76. The van der Waals surface area contributed by atoms with Crippen molar-refractivity contribution < 1.29 is 9.53 Å². The van der Waals surface area contributed by atoms with Gasteiger partial charge in [-0.05, 0) is 30.3 Å². The molecule has 0 N–H and O–H groups in total. The van der Waals surface area contributed by atoms with E-state index in [-0.39, 0.29) is 0 Å². The maximum absolute atomic E-state index is 11.2. The van der Waals surface area contributed by atoms with Crippen LogP contribution in [0.15, 0.2) is 36.8 Å². The molecule has 7 heteroatoms. The van der Waals surface area contributed by atoms with Gasteiger partial charge in [-0.25, -0.2) is 4.68 Å². The van der Waals surface area contributed by atoms with Gasteiger partial charge in [0.1, 0.15) is 13.0 Å². The average Bonchev–Trinajstić information content (AvgIpc) is 3.00. The summed E-state index contributed by atoms with van der Waals surface area (Å²) in [4.78, 5) is 19.5. The van der Waals surface area contributed by atoms with Crippen LogP contribution in [0.2, 0.25) is 25.7 Å². The third kappa shape index (κ3) is 5.18. The molecule has 0 saturated carbocycles. The summed E-state index contributed by atoms with van der Waals surface area (Å²) in [5.41, 5.74) is 3.07. The monoisotopic (exact) mass is 380 g/mol. The fraction of sp³-hybridized carbons (Fsp3) is 0.300. The second-order valence-electron chi connectivity index (χ2n) is 7.59. The second-order valence-corrected chi connectivity index (χ2v) is 13.2. The number of hydrogen-bond donors (Lipinski definition) is 0. The van der Waals surface area contributed by atoms with Gasteiger partial charge >= 0.3 is 0 Å². The molecule has 2 heterocycles. The summed E-state index contributed by atoms with van der Waals surface area (Å²) in [6.07, 6.45) is 9.61. The van der Waals surface area contributed by atoms with Gasteiger partial charge in [-0.3, -0.25) is 14.8 Å². The van der Waals surface area contributed by atoms with E-state index < -0.39 is 8.07 Å². The number of rotatable bonds is 8. The Hall–Kier alpha value is -2.64. The van der Waals surface area contributed by atoms with E-state index in [2.05, 4.69) is 34.7 Å². The van der Waals surface area contributed by atoms with Crippen LogP contribution in [0.5, 0.6) is 0 Å². The number of aromatic nitrogens is 4. The van der Waals surface area contributed by atoms with Crippen molar-refractivity contribution in [3.63, 3.8) is 0 Å². The van der Waals surface area contributed by atoms with Crippen LogP contribution < -0.4 is 0 Å². The summed E-state index contributed by atoms with van der Waals surface area (Å²) < 4.78 is 7.66. The molecule has 0 spiro atoms. The first kappa shape index (κ1) is 19.1. The van der Waals surface area contributed by atoms with Crippen LogP contribution in [0.25, 0.3) is 23.1 Å². The summed E-state index contributed by atoms with van der Waals surface area (Å²) >= 11 is 0. The molecule has 0 aliphatic carbocycles. The van der Waals surface area contributed by atoms with Crippen molar-refractivity contribution in [1.82, 2.24) is 19.7 Å². The van der Waals surface area contributed by atoms with E-state index in [1.54, 1.807) is 24.7 Å². The van der Waals surface area contributed by atoms with Crippen LogP contribution in [0.4, 0.5) is 0 Å². The van der Waals surface area contributed by atoms with Gasteiger partial charge in [-0.15, -0.1) is 0 Å². The Morgan fingerprint density at radius 1 is 1.19 bits per heavy atom. The highest BCUT2D eigenvalue weighted by Crippen LogP contribution is 2.22. The maximum atomic E-state index is 11.2. The Kier molecular flexibility index (Phi) is 5.93. The average molecular weight is 381 g/mol. The Balaban J connectivity index is 1.86. The number of carbonyl (C=O) groups excluding carboxylic acids is 1. The Morgan fingerprint density at radius 2 is 2.04 bits per heavy atom. The summed E-state index contributed by atoms with van der Waals surface area (Å²) in [5, 5.41) is 5.63. The van der Waals surface area contributed by atoms with Gasteiger partial charge in [0.25, 0.3) is 0 Å². The third-order valence-electron chi connectivity index (χ3n) is 4.15. The predicted octanol–water partition coefficient (Wildman–Crippen LogP) is 4.12. The Morgan fingerprint density at radius 3 is 2.74 bits per heavy atom. The molecule has 0 amide bonds. The van der Waals surface area contributed by atoms with Crippen LogP contribution in [0.3, 0.4) is 0 Å². The summed E-state index contributed by atoms with van der Waals surface area (Å²) in [5.74, 6) is 0. The molecule has 140 valence electrons. The minimum atomic E-state index is -1.13. The van der Waals surface area contributed by atoms with Gasteiger partial charge in [-0.1, -0.05) is 25.7 Å². The van der Waals surface area contributed by atoms with Crippen molar-refractivity contribution in [3.8, 4) is 0 Å². The molecule has 0 aliphatic rings. The van der Waals surface area contributed by atoms with Crippen molar-refractivity contribution in [1.29, 1.82) is 0 Å². The van der Waals surface area contributed by atoms with E-state index in [1.807, 2.05) is 29.0 Å². The molecule has 3 rings (SSSR count). The van der Waals surface area contributed by atoms with Crippen LogP contribution in [0.1, 0.15) is 21.7 Å². The van der Waals surface area contributed by atoms with Crippen molar-refractivity contribution in [2.24, 2.45) is 0 Å². The molecule has 0 radical (unpaired) electrons. The van der Waals surface area contributed by atoms with Crippen molar-refractivity contribution >= 4 is 37.4 Å². The van der Waals surface area contributed by atoms with E-state index in [0.29, 0.717) is 12.3 Å². The summed E-state index contributed by atoms with van der Waals surface area (Å²) in [6, 6.07) is 6.66. The fourth-order valence-electron chi connectivity index (χ4n) is 2.60. The normalized spacial score (nSPS) is 12.1. The van der Waals surface area contributed by atoms with E-state index in [1.165, 1.54) is 0 Å². The first-order chi connectivity index (χ1) is 13.0. The molecule has 0 atom stereocenters. The molecule has 0 aliphatic heterocycles. The molecule has 27 heavy (non-hydrogen) atoms. The summed E-state index contributed by atoms with van der Waals surface area (Å²) in [7, 11) is -1.13. The zero-order valence-electron chi connectivity index (χ0n) is 15.9. The van der Waals surface area contributed by atoms with Gasteiger partial charge < -0.3 is 4.74 Å². The lowest BCUT2D eigenvalue weighted by Crippen LogP contribution is -2.22. The van der Waals surface area contributed by atoms with Crippen molar-refractivity contribution in [2.75, 3.05) is 6.61 Å². The van der Waals surface area contributed by atoms with Crippen LogP contribution in [-0.2, 0) is 11.5 Å². The minimum Gasteiger partial charge on any atom is -0.360 e. The Labute approximate surface area is 159 Å². The van der Waals surface area contributed by atoms with E-state index in [9.17, 15) is 4.79 Å². The molecular weight excluding hydrogens is 356 g/mol. The molecule has 1 aromatic carbocycles. The van der Waals surface area contributed by atoms with Crippen molar-refractivity contribution in [2.45, 2.75) is 32.4 Å². The standard InChI is InChI=1S/C20H24N4O2Si/c1-27(2,3)11-10-26-15-24-20-12-16(14-25)4-6-18(20)19(23-24)7-5-17-13-21-8-9-22-17/h4-9,12-14H,10-11,15H2,1-3H3/b7-5+. The maximum Gasteiger partial charge on any atom is 0.150 e. The zero-order valence-corrected chi connectivity index (χ0v) is 16.9. The molecule has 0 saturated heterocycles. The van der Waals surface area contributed by atoms with Gasteiger partial charge in [-0.2, -0.15) is 5.10 Å². The zero-order chi connectivity index (χ0) is 19.3. The van der Waals surface area contributed by atoms with Gasteiger partial charge in [0.2, 0.25) is 0 Å². The topological polar surface area (TPSA) is 69.9 Å². The first-order valence-electron chi connectivity index (χ1n) is 8.94. The number of fused-ring (bicyclic) bond motifs is 1. The molecular formula is C20H24N4O2Si. The molecule has 2 aromatic heterocycles. The second kappa shape index (κ2) is 8.37. The van der Waals surface area contributed by atoms with Crippen molar-refractivity contribution in [3.05, 3.63) is 53.7 Å². The summed E-state index contributed by atoms with van der Waals surface area (Å²) in [6.45, 7) is 8.06. The fourth-order valence-corrected chi connectivity index (χ4v) is 3.36. The largest absolute Gasteiger partial charge is 0.360 e. The molecule has 6 nitrogen and oxygen atoms in total. The molecule has 0 fully saturated rings. The lowest BCUT2D eigenvalue weighted by atomic mass is 10.1. The number of carbonyl (C=O) groups is 1. The van der Waals surface area contributed by atoms with Crippen LogP contribution in [0, 0.1) is 0 Å². The number of hydrogen-bond acceptors (Lipinski definition) is 5. The number of aldehydes is 1. The predicted molar refractivity (Wildman–Crippen MR) is 110 cm³/mol. The van der Waals surface area contributed by atoms with E-state index in [4.69, 9.17) is 4.74 Å². The van der Waals surface area contributed by atoms with Gasteiger partial charge in [0, 0.05) is 38.0 Å². The highest BCUT2D eigenvalue weighted by atomic mass is 28.3. The van der Waals surface area contributed by atoms with Crippen LogP contribution in [-0.4, -0.2) is 40.7 Å². The molecule has 0 bridgehead atoms. The minimum absolute atomic E-state index is 0.363. The number of ether oxygens (including phenoxy) is 1. The van der Waals surface area contributed by atoms with Gasteiger partial charge in [0.15, 0.2) is 0 Å². The number of benzene rings is 1. The molecule has 0 unspecified atom stereocenters. The quantitative estimate of drug-likeness (QED) is 0.334.